The zero-order chi connectivity index (χ0) is 21.0. The van der Waals surface area contributed by atoms with Gasteiger partial charge in [-0.15, -0.1) is 0 Å². The number of aromatic nitrogens is 2. The molecule has 0 spiro atoms. The van der Waals surface area contributed by atoms with E-state index >= 15 is 0 Å². The Labute approximate surface area is 167 Å². The third-order valence-corrected chi connectivity index (χ3v) is 4.18. The molecule has 150 valence electrons. The van der Waals surface area contributed by atoms with Crippen LogP contribution in [0.2, 0.25) is 5.02 Å². The maximum absolute atomic E-state index is 13.0. The van der Waals surface area contributed by atoms with Crippen LogP contribution < -0.4 is 10.6 Å². The van der Waals surface area contributed by atoms with Gasteiger partial charge in [-0.25, -0.2) is 9.97 Å². The average Bonchev–Trinajstić information content (AvgIpc) is 2.68. The molecule has 0 aliphatic heterocycles. The summed E-state index contributed by atoms with van der Waals surface area (Å²) in [5.41, 5.74) is -0.784. The van der Waals surface area contributed by atoms with Gasteiger partial charge < -0.3 is 10.6 Å². The van der Waals surface area contributed by atoms with Gasteiger partial charge in [0.1, 0.15) is 6.33 Å². The van der Waals surface area contributed by atoms with E-state index in [1.807, 2.05) is 30.3 Å². The van der Waals surface area contributed by atoms with Gasteiger partial charge in [-0.2, -0.15) is 13.2 Å². The summed E-state index contributed by atoms with van der Waals surface area (Å²) in [4.78, 5) is 18.5. The molecule has 0 aliphatic carbocycles. The number of benzene rings is 2. The highest BCUT2D eigenvalue weighted by molar-refractivity contribution is 6.33. The summed E-state index contributed by atoms with van der Waals surface area (Å²) in [5, 5.41) is 16.9. The Bertz CT molecular complexity index is 1030. The van der Waals surface area contributed by atoms with Crippen LogP contribution in [0.15, 0.2) is 54.9 Å². The molecule has 3 aromatic rings. The van der Waals surface area contributed by atoms with E-state index in [2.05, 4.69) is 20.6 Å². The number of nitrogens with zero attached hydrogens (tertiary/aromatic N) is 3. The number of hydrogen-bond donors (Lipinski definition) is 2. The fourth-order valence-corrected chi connectivity index (χ4v) is 2.64. The smallest absolute Gasteiger partial charge is 0.360 e. The van der Waals surface area contributed by atoms with Gasteiger partial charge in [-0.1, -0.05) is 41.9 Å². The van der Waals surface area contributed by atoms with Crippen LogP contribution in [0.25, 0.3) is 0 Å². The molecule has 0 aliphatic rings. The number of rotatable bonds is 6. The van der Waals surface area contributed by atoms with Crippen molar-refractivity contribution in [3.8, 4) is 0 Å². The number of nitrogens with one attached hydrogen (secondary N) is 2. The van der Waals surface area contributed by atoms with E-state index < -0.39 is 22.4 Å². The van der Waals surface area contributed by atoms with Crippen LogP contribution in [0.4, 0.5) is 36.2 Å². The molecule has 0 atom stereocenters. The zero-order valence-corrected chi connectivity index (χ0v) is 15.3. The first-order valence-corrected chi connectivity index (χ1v) is 8.54. The molecule has 0 bridgehead atoms. The molecular weight excluding hydrogens is 411 g/mol. The van der Waals surface area contributed by atoms with E-state index in [-0.39, 0.29) is 28.9 Å². The van der Waals surface area contributed by atoms with E-state index in [4.69, 9.17) is 11.6 Å². The molecule has 0 saturated carbocycles. The summed E-state index contributed by atoms with van der Waals surface area (Å²) in [7, 11) is 0. The molecule has 7 nitrogen and oxygen atoms in total. The van der Waals surface area contributed by atoms with Crippen molar-refractivity contribution in [3.63, 3.8) is 0 Å². The summed E-state index contributed by atoms with van der Waals surface area (Å²) in [6.45, 7) is 0.252. The molecule has 1 aromatic heterocycles. The van der Waals surface area contributed by atoms with E-state index in [1.165, 1.54) is 0 Å². The minimum absolute atomic E-state index is 0.0512. The van der Waals surface area contributed by atoms with E-state index in [0.29, 0.717) is 0 Å². The second-order valence-corrected chi connectivity index (χ2v) is 6.24. The normalized spacial score (nSPS) is 11.2. The highest BCUT2D eigenvalue weighted by atomic mass is 35.5. The van der Waals surface area contributed by atoms with Crippen LogP contribution in [-0.4, -0.2) is 14.9 Å². The molecular formula is C18H13ClF3N5O2. The molecule has 29 heavy (non-hydrogen) atoms. The molecule has 2 N–H and O–H groups in total. The lowest BCUT2D eigenvalue weighted by Crippen LogP contribution is -2.09. The van der Waals surface area contributed by atoms with Gasteiger partial charge in [-0.3, -0.25) is 10.1 Å². The molecule has 1 heterocycles. The summed E-state index contributed by atoms with van der Waals surface area (Å²) in [5.74, 6) is -0.374. The third-order valence-electron chi connectivity index (χ3n) is 3.85. The van der Waals surface area contributed by atoms with E-state index in [1.54, 1.807) is 0 Å². The van der Waals surface area contributed by atoms with Crippen molar-refractivity contribution in [3.05, 3.63) is 81.1 Å². The molecule has 0 unspecified atom stereocenters. The number of halogens is 4. The topological polar surface area (TPSA) is 93.0 Å². The van der Waals surface area contributed by atoms with Gasteiger partial charge in [0.05, 0.1) is 21.2 Å². The lowest BCUT2D eigenvalue weighted by molar-refractivity contribution is -0.383. The van der Waals surface area contributed by atoms with Crippen LogP contribution in [0, 0.1) is 10.1 Å². The number of hydrogen-bond acceptors (Lipinski definition) is 6. The van der Waals surface area contributed by atoms with Gasteiger partial charge in [0.2, 0.25) is 11.6 Å². The van der Waals surface area contributed by atoms with Gasteiger partial charge in [0.15, 0.2) is 0 Å². The molecule has 2 aromatic carbocycles. The number of nitro groups is 1. The Morgan fingerprint density at radius 3 is 2.41 bits per heavy atom. The minimum atomic E-state index is -4.60. The predicted octanol–water partition coefficient (Wildman–Crippen LogP) is 5.41. The summed E-state index contributed by atoms with van der Waals surface area (Å²) < 4.78 is 38.9. The van der Waals surface area contributed by atoms with Gasteiger partial charge >= 0.3 is 11.9 Å². The lowest BCUT2D eigenvalue weighted by atomic mass is 10.2. The van der Waals surface area contributed by atoms with Crippen molar-refractivity contribution in [1.82, 2.24) is 9.97 Å². The first kappa shape index (κ1) is 20.3. The average molecular weight is 424 g/mol. The van der Waals surface area contributed by atoms with Crippen LogP contribution in [0.1, 0.15) is 11.1 Å². The van der Waals surface area contributed by atoms with E-state index in [0.717, 1.165) is 30.1 Å². The van der Waals surface area contributed by atoms with Crippen molar-refractivity contribution < 1.29 is 18.1 Å². The highest BCUT2D eigenvalue weighted by Gasteiger charge is 2.31. The molecule has 11 heteroatoms. The Hall–Kier alpha value is -3.40. The van der Waals surface area contributed by atoms with Gasteiger partial charge in [0.25, 0.3) is 0 Å². The molecule has 3 rings (SSSR count). The van der Waals surface area contributed by atoms with Crippen LogP contribution in [0.5, 0.6) is 0 Å². The monoisotopic (exact) mass is 423 g/mol. The van der Waals surface area contributed by atoms with Crippen molar-refractivity contribution in [2.24, 2.45) is 0 Å². The summed E-state index contributed by atoms with van der Waals surface area (Å²) in [6, 6.07) is 11.7. The number of alkyl halides is 3. The van der Waals surface area contributed by atoms with Gasteiger partial charge in [-0.05, 0) is 23.8 Å². The third kappa shape index (κ3) is 4.91. The van der Waals surface area contributed by atoms with Crippen molar-refractivity contribution in [1.29, 1.82) is 0 Å². The lowest BCUT2D eigenvalue weighted by Gasteiger charge is -2.13. The molecule has 0 saturated heterocycles. The summed E-state index contributed by atoms with van der Waals surface area (Å²) in [6.07, 6.45) is -3.54. The van der Waals surface area contributed by atoms with Crippen molar-refractivity contribution in [2.75, 3.05) is 10.6 Å². The zero-order valence-electron chi connectivity index (χ0n) is 14.6. The van der Waals surface area contributed by atoms with Crippen LogP contribution in [0.3, 0.4) is 0 Å². The van der Waals surface area contributed by atoms with Gasteiger partial charge in [0, 0.05) is 6.54 Å². The van der Waals surface area contributed by atoms with E-state index in [9.17, 15) is 23.3 Å². The summed E-state index contributed by atoms with van der Waals surface area (Å²) >= 11 is 5.95. The molecule has 0 radical (unpaired) electrons. The Morgan fingerprint density at radius 2 is 1.76 bits per heavy atom. The maximum atomic E-state index is 13.0. The van der Waals surface area contributed by atoms with Crippen LogP contribution >= 0.6 is 11.6 Å². The van der Waals surface area contributed by atoms with Crippen molar-refractivity contribution in [2.45, 2.75) is 12.7 Å². The second kappa shape index (κ2) is 8.31. The van der Waals surface area contributed by atoms with Crippen molar-refractivity contribution >= 4 is 34.6 Å². The first-order valence-electron chi connectivity index (χ1n) is 8.16. The molecule has 0 fully saturated rings. The Balaban J connectivity index is 1.93. The van der Waals surface area contributed by atoms with Crippen LogP contribution in [-0.2, 0) is 12.7 Å². The first-order chi connectivity index (χ1) is 13.8. The Morgan fingerprint density at radius 1 is 1.07 bits per heavy atom. The number of anilines is 3. The fourth-order valence-electron chi connectivity index (χ4n) is 2.48. The maximum Gasteiger partial charge on any atom is 0.416 e. The Kier molecular flexibility index (Phi) is 5.83. The fraction of sp³-hybridized carbons (Fsp3) is 0.111. The highest BCUT2D eigenvalue weighted by Crippen LogP contribution is 2.37. The minimum Gasteiger partial charge on any atom is -0.360 e. The SMILES string of the molecule is O=[N+]([O-])c1c(NCc2ccccc2)ncnc1Nc1cc(C(F)(F)F)ccc1Cl. The predicted molar refractivity (Wildman–Crippen MR) is 102 cm³/mol. The second-order valence-electron chi connectivity index (χ2n) is 5.83. The molecule has 0 amide bonds. The quantitative estimate of drug-likeness (QED) is 0.406. The largest absolute Gasteiger partial charge is 0.416 e. The standard InChI is InChI=1S/C18H13ClF3N5O2/c19-13-7-6-12(18(20,21)22)8-14(13)26-17-15(27(28)29)16(24-10-25-17)23-9-11-4-2-1-3-5-11/h1-8,10H,9H2,(H2,23,24,25,26).